The highest BCUT2D eigenvalue weighted by Crippen LogP contribution is 2.28. The molecule has 5 nitrogen and oxygen atoms in total. The summed E-state index contributed by atoms with van der Waals surface area (Å²) >= 11 is 0. The molecule has 106 valence electrons. The summed E-state index contributed by atoms with van der Waals surface area (Å²) in [6.45, 7) is 1.42. The molecule has 0 spiro atoms. The maximum atomic E-state index is 10.7. The fraction of sp³-hybridized carbons (Fsp3) is 0.923. The van der Waals surface area contributed by atoms with Crippen LogP contribution in [-0.2, 0) is 9.53 Å². The van der Waals surface area contributed by atoms with Gasteiger partial charge in [-0.15, -0.1) is 0 Å². The SMILES string of the molecule is COCCN(CC(=O)O)CC(O)CC1CCCC1. The van der Waals surface area contributed by atoms with Crippen molar-refractivity contribution in [1.82, 2.24) is 4.90 Å². The van der Waals surface area contributed by atoms with Gasteiger partial charge in [0, 0.05) is 20.2 Å². The van der Waals surface area contributed by atoms with Crippen LogP contribution in [0, 0.1) is 5.92 Å². The number of carboxylic acids is 1. The Kier molecular flexibility index (Phi) is 7.23. The number of methoxy groups -OCH3 is 1. The molecule has 0 bridgehead atoms. The van der Waals surface area contributed by atoms with Crippen molar-refractivity contribution < 1.29 is 19.7 Å². The van der Waals surface area contributed by atoms with Crippen LogP contribution in [-0.4, -0.2) is 60.5 Å². The highest BCUT2D eigenvalue weighted by molar-refractivity contribution is 5.69. The van der Waals surface area contributed by atoms with Gasteiger partial charge in [-0.05, 0) is 12.3 Å². The summed E-state index contributed by atoms with van der Waals surface area (Å²) in [4.78, 5) is 12.5. The number of aliphatic hydroxyl groups is 1. The average Bonchev–Trinajstić information content (AvgIpc) is 2.77. The van der Waals surface area contributed by atoms with Gasteiger partial charge in [0.05, 0.1) is 19.3 Å². The highest BCUT2D eigenvalue weighted by atomic mass is 16.5. The minimum Gasteiger partial charge on any atom is -0.480 e. The monoisotopic (exact) mass is 259 g/mol. The number of nitrogens with zero attached hydrogens (tertiary/aromatic N) is 1. The second kappa shape index (κ2) is 8.45. The van der Waals surface area contributed by atoms with E-state index in [1.54, 1.807) is 12.0 Å². The number of ether oxygens (including phenoxy) is 1. The highest BCUT2D eigenvalue weighted by Gasteiger charge is 2.21. The van der Waals surface area contributed by atoms with Crippen molar-refractivity contribution in [3.05, 3.63) is 0 Å². The smallest absolute Gasteiger partial charge is 0.317 e. The minimum atomic E-state index is -0.862. The fourth-order valence-electron chi connectivity index (χ4n) is 2.65. The summed E-state index contributed by atoms with van der Waals surface area (Å²) in [5.74, 6) is -0.242. The van der Waals surface area contributed by atoms with Gasteiger partial charge in [-0.25, -0.2) is 0 Å². The average molecular weight is 259 g/mol. The Balaban J connectivity index is 2.30. The third-order valence-electron chi connectivity index (χ3n) is 3.52. The van der Waals surface area contributed by atoms with Gasteiger partial charge in [0.15, 0.2) is 0 Å². The molecule has 0 saturated heterocycles. The van der Waals surface area contributed by atoms with E-state index in [4.69, 9.17) is 9.84 Å². The molecule has 1 rings (SSSR count). The predicted molar refractivity (Wildman–Crippen MR) is 68.5 cm³/mol. The van der Waals surface area contributed by atoms with Gasteiger partial charge in [0.25, 0.3) is 0 Å². The van der Waals surface area contributed by atoms with Crippen LogP contribution in [0.1, 0.15) is 32.1 Å². The minimum absolute atomic E-state index is 0.0366. The van der Waals surface area contributed by atoms with Crippen LogP contribution in [0.4, 0.5) is 0 Å². The van der Waals surface area contributed by atoms with Gasteiger partial charge >= 0.3 is 5.97 Å². The van der Waals surface area contributed by atoms with Gasteiger partial charge in [-0.1, -0.05) is 25.7 Å². The summed E-state index contributed by atoms with van der Waals surface area (Å²) in [5.41, 5.74) is 0. The van der Waals surface area contributed by atoms with E-state index in [1.807, 2.05) is 0 Å². The molecule has 1 aliphatic rings. The molecular formula is C13H25NO4. The molecule has 1 saturated carbocycles. The van der Waals surface area contributed by atoms with E-state index >= 15 is 0 Å². The van der Waals surface area contributed by atoms with Crippen LogP contribution >= 0.6 is 0 Å². The molecule has 1 fully saturated rings. The molecule has 0 radical (unpaired) electrons. The lowest BCUT2D eigenvalue weighted by atomic mass is 10.00. The van der Waals surface area contributed by atoms with Crippen molar-refractivity contribution in [2.24, 2.45) is 5.92 Å². The lowest BCUT2D eigenvalue weighted by Gasteiger charge is -2.24. The molecule has 0 heterocycles. The lowest BCUT2D eigenvalue weighted by Crippen LogP contribution is -2.39. The maximum Gasteiger partial charge on any atom is 0.317 e. The molecular weight excluding hydrogens is 234 g/mol. The van der Waals surface area contributed by atoms with Crippen molar-refractivity contribution in [1.29, 1.82) is 0 Å². The summed E-state index contributed by atoms with van der Waals surface area (Å²) in [6.07, 6.45) is 5.30. The van der Waals surface area contributed by atoms with E-state index in [1.165, 1.54) is 25.7 Å². The van der Waals surface area contributed by atoms with Crippen LogP contribution in [0.25, 0.3) is 0 Å². The number of carbonyl (C=O) groups is 1. The molecule has 0 aromatic heterocycles. The molecule has 0 aromatic rings. The van der Waals surface area contributed by atoms with Crippen molar-refractivity contribution in [3.63, 3.8) is 0 Å². The molecule has 0 aromatic carbocycles. The first-order valence-electron chi connectivity index (χ1n) is 6.73. The summed E-state index contributed by atoms with van der Waals surface area (Å²) in [7, 11) is 1.59. The third kappa shape index (κ3) is 6.33. The fourth-order valence-corrected chi connectivity index (χ4v) is 2.65. The summed E-state index contributed by atoms with van der Waals surface area (Å²) < 4.78 is 4.95. The van der Waals surface area contributed by atoms with Crippen LogP contribution in [0.2, 0.25) is 0 Å². The maximum absolute atomic E-state index is 10.7. The van der Waals surface area contributed by atoms with E-state index in [0.29, 0.717) is 25.6 Å². The van der Waals surface area contributed by atoms with Gasteiger partial charge in [-0.3, -0.25) is 9.69 Å². The van der Waals surface area contributed by atoms with E-state index in [9.17, 15) is 9.90 Å². The van der Waals surface area contributed by atoms with Crippen LogP contribution in [0.5, 0.6) is 0 Å². The van der Waals surface area contributed by atoms with Crippen LogP contribution in [0.15, 0.2) is 0 Å². The van der Waals surface area contributed by atoms with E-state index in [2.05, 4.69) is 0 Å². The zero-order valence-corrected chi connectivity index (χ0v) is 11.2. The van der Waals surface area contributed by atoms with E-state index in [-0.39, 0.29) is 6.54 Å². The molecule has 1 aliphatic carbocycles. The first-order valence-corrected chi connectivity index (χ1v) is 6.73. The van der Waals surface area contributed by atoms with Crippen molar-refractivity contribution >= 4 is 5.97 Å². The third-order valence-corrected chi connectivity index (χ3v) is 3.52. The number of aliphatic carboxylic acids is 1. The number of hydrogen-bond acceptors (Lipinski definition) is 4. The lowest BCUT2D eigenvalue weighted by molar-refractivity contribution is -0.138. The Hall–Kier alpha value is -0.650. The molecule has 18 heavy (non-hydrogen) atoms. The molecule has 0 amide bonds. The largest absolute Gasteiger partial charge is 0.480 e. The molecule has 0 aliphatic heterocycles. The number of carboxylic acid groups (broad SMARTS) is 1. The van der Waals surface area contributed by atoms with E-state index < -0.39 is 12.1 Å². The van der Waals surface area contributed by atoms with Crippen molar-refractivity contribution in [2.45, 2.75) is 38.2 Å². The van der Waals surface area contributed by atoms with Crippen molar-refractivity contribution in [3.8, 4) is 0 Å². The number of hydrogen-bond donors (Lipinski definition) is 2. The Labute approximate surface area is 109 Å². The Morgan fingerprint density at radius 2 is 2.11 bits per heavy atom. The van der Waals surface area contributed by atoms with Gasteiger partial charge in [0.2, 0.25) is 0 Å². The predicted octanol–water partition coefficient (Wildman–Crippen LogP) is 0.961. The quantitative estimate of drug-likeness (QED) is 0.645. The Morgan fingerprint density at radius 3 is 2.67 bits per heavy atom. The Morgan fingerprint density at radius 1 is 1.44 bits per heavy atom. The number of rotatable bonds is 9. The van der Waals surface area contributed by atoms with Gasteiger partial charge in [0.1, 0.15) is 0 Å². The second-order valence-electron chi connectivity index (χ2n) is 5.16. The molecule has 1 unspecified atom stereocenters. The van der Waals surface area contributed by atoms with Crippen LogP contribution < -0.4 is 0 Å². The molecule has 2 N–H and O–H groups in total. The van der Waals surface area contributed by atoms with Gasteiger partial charge in [-0.2, -0.15) is 0 Å². The first kappa shape index (κ1) is 15.4. The Bertz CT molecular complexity index is 241. The molecule has 5 heteroatoms. The molecule has 1 atom stereocenters. The summed E-state index contributed by atoms with van der Waals surface area (Å²) in [6, 6.07) is 0. The normalized spacial score (nSPS) is 18.4. The second-order valence-corrected chi connectivity index (χ2v) is 5.16. The summed E-state index contributed by atoms with van der Waals surface area (Å²) in [5, 5.41) is 18.8. The zero-order chi connectivity index (χ0) is 13.4. The standard InChI is InChI=1S/C13H25NO4/c1-18-7-6-14(10-13(16)17)9-12(15)8-11-4-2-3-5-11/h11-12,15H,2-10H2,1H3,(H,16,17). The zero-order valence-electron chi connectivity index (χ0n) is 11.2. The van der Waals surface area contributed by atoms with Crippen LogP contribution in [0.3, 0.4) is 0 Å². The topological polar surface area (TPSA) is 70.0 Å². The van der Waals surface area contributed by atoms with Gasteiger partial charge < -0.3 is 14.9 Å². The number of aliphatic hydroxyl groups excluding tert-OH is 1. The van der Waals surface area contributed by atoms with Crippen molar-refractivity contribution in [2.75, 3.05) is 33.4 Å². The van der Waals surface area contributed by atoms with E-state index in [0.717, 1.165) is 6.42 Å². The first-order chi connectivity index (χ1) is 8.61.